The van der Waals surface area contributed by atoms with E-state index < -0.39 is 23.8 Å². The fraction of sp³-hybridized carbons (Fsp3) is 0.455. The van der Waals surface area contributed by atoms with Gasteiger partial charge in [-0.05, 0) is 12.5 Å². The van der Waals surface area contributed by atoms with E-state index in [0.29, 0.717) is 0 Å². The number of hydrogen-bond donors (Lipinski definition) is 1. The second-order valence-electron chi connectivity index (χ2n) is 3.63. The second kappa shape index (κ2) is 6.65. The van der Waals surface area contributed by atoms with Crippen molar-refractivity contribution < 1.29 is 27.4 Å². The topological polar surface area (TPSA) is 68.4 Å². The number of halogens is 4. The Balaban J connectivity index is 3.12. The summed E-state index contributed by atoms with van der Waals surface area (Å²) in [5, 5.41) is 0. The first kappa shape index (κ1) is 16.4. The SMILES string of the molecule is CCOC(=O)Cc1cc(OC(F)(F)F)[nH]c(=O)c1CCl. The minimum absolute atomic E-state index is 0.00533. The molecular weight excluding hydrogens is 303 g/mol. The number of hydrogen-bond acceptors (Lipinski definition) is 4. The number of esters is 1. The maximum atomic E-state index is 12.1. The fourth-order valence-electron chi connectivity index (χ4n) is 1.47. The number of carbonyl (C=O) groups is 1. The standard InChI is InChI=1S/C11H11ClF3NO4/c1-2-19-9(17)4-6-3-8(20-11(13,14)15)16-10(18)7(6)5-12/h3H,2,4-5H2,1H3,(H,16,18). The molecule has 0 aliphatic rings. The third kappa shape index (κ3) is 4.76. The first-order valence-corrected chi connectivity index (χ1v) is 6.02. The van der Waals surface area contributed by atoms with Crippen molar-refractivity contribution in [1.82, 2.24) is 4.98 Å². The average molecular weight is 314 g/mol. The van der Waals surface area contributed by atoms with Crippen LogP contribution in [-0.2, 0) is 21.8 Å². The summed E-state index contributed by atoms with van der Waals surface area (Å²) in [5.74, 6) is -1.74. The van der Waals surface area contributed by atoms with Crippen molar-refractivity contribution in [2.24, 2.45) is 0 Å². The van der Waals surface area contributed by atoms with Crippen LogP contribution in [0.1, 0.15) is 18.1 Å². The van der Waals surface area contributed by atoms with Crippen LogP contribution >= 0.6 is 11.6 Å². The Morgan fingerprint density at radius 1 is 1.45 bits per heavy atom. The van der Waals surface area contributed by atoms with E-state index in [0.717, 1.165) is 6.07 Å². The molecule has 0 saturated carbocycles. The highest BCUT2D eigenvalue weighted by Gasteiger charge is 2.32. The van der Waals surface area contributed by atoms with Gasteiger partial charge in [-0.3, -0.25) is 14.6 Å². The summed E-state index contributed by atoms with van der Waals surface area (Å²) in [6, 6.07) is 0.906. The third-order valence-corrected chi connectivity index (χ3v) is 2.47. The predicted octanol–water partition coefficient (Wildman–Crippen LogP) is 2.12. The van der Waals surface area contributed by atoms with Gasteiger partial charge in [-0.25, -0.2) is 0 Å². The molecule has 20 heavy (non-hydrogen) atoms. The summed E-state index contributed by atoms with van der Waals surface area (Å²) in [6.07, 6.45) is -5.32. The van der Waals surface area contributed by atoms with E-state index in [-0.39, 0.29) is 30.0 Å². The lowest BCUT2D eigenvalue weighted by molar-refractivity contribution is -0.276. The number of aromatic amines is 1. The van der Waals surface area contributed by atoms with E-state index in [9.17, 15) is 22.8 Å². The zero-order chi connectivity index (χ0) is 15.3. The number of aromatic nitrogens is 1. The molecule has 0 amide bonds. The largest absolute Gasteiger partial charge is 0.574 e. The lowest BCUT2D eigenvalue weighted by Crippen LogP contribution is -2.23. The van der Waals surface area contributed by atoms with Gasteiger partial charge < -0.3 is 9.47 Å². The summed E-state index contributed by atoms with van der Waals surface area (Å²) >= 11 is 5.55. The third-order valence-electron chi connectivity index (χ3n) is 2.20. The number of ether oxygens (including phenoxy) is 2. The Morgan fingerprint density at radius 2 is 2.10 bits per heavy atom. The zero-order valence-electron chi connectivity index (χ0n) is 10.3. The minimum Gasteiger partial charge on any atom is -0.466 e. The van der Waals surface area contributed by atoms with Crippen LogP contribution in [0, 0.1) is 0 Å². The van der Waals surface area contributed by atoms with E-state index in [1.165, 1.54) is 0 Å². The molecule has 0 radical (unpaired) electrons. The molecule has 1 aromatic rings. The number of rotatable bonds is 5. The van der Waals surface area contributed by atoms with E-state index >= 15 is 0 Å². The summed E-state index contributed by atoms with van der Waals surface area (Å²) in [4.78, 5) is 24.8. The van der Waals surface area contributed by atoms with Crippen molar-refractivity contribution in [2.45, 2.75) is 25.6 Å². The van der Waals surface area contributed by atoms with Crippen LogP contribution in [0.15, 0.2) is 10.9 Å². The maximum Gasteiger partial charge on any atom is 0.574 e. The summed E-state index contributed by atoms with van der Waals surface area (Å²) in [6.45, 7) is 1.69. The number of H-pyrrole nitrogens is 1. The Morgan fingerprint density at radius 3 is 2.60 bits per heavy atom. The molecular formula is C11H11ClF3NO4. The number of carbonyl (C=O) groups excluding carboxylic acids is 1. The van der Waals surface area contributed by atoms with Gasteiger partial charge in [-0.15, -0.1) is 24.8 Å². The average Bonchev–Trinajstić information content (AvgIpc) is 2.26. The monoisotopic (exact) mass is 313 g/mol. The van der Waals surface area contributed by atoms with Crippen LogP contribution in [0.4, 0.5) is 13.2 Å². The highest BCUT2D eigenvalue weighted by Crippen LogP contribution is 2.22. The van der Waals surface area contributed by atoms with Crippen LogP contribution in [0.2, 0.25) is 0 Å². The van der Waals surface area contributed by atoms with Gasteiger partial charge in [0.1, 0.15) is 0 Å². The van der Waals surface area contributed by atoms with Gasteiger partial charge in [-0.1, -0.05) is 0 Å². The van der Waals surface area contributed by atoms with Crippen molar-refractivity contribution >= 4 is 17.6 Å². The minimum atomic E-state index is -4.95. The van der Waals surface area contributed by atoms with Crippen molar-refractivity contribution in [3.8, 4) is 5.88 Å². The van der Waals surface area contributed by atoms with Crippen molar-refractivity contribution in [3.05, 3.63) is 27.5 Å². The molecule has 1 aromatic heterocycles. The fourth-order valence-corrected chi connectivity index (χ4v) is 1.76. The lowest BCUT2D eigenvalue weighted by atomic mass is 10.1. The lowest BCUT2D eigenvalue weighted by Gasteiger charge is -2.11. The quantitative estimate of drug-likeness (QED) is 0.668. The molecule has 0 unspecified atom stereocenters. The summed E-state index contributed by atoms with van der Waals surface area (Å²) < 4.78 is 44.6. The van der Waals surface area contributed by atoms with Crippen molar-refractivity contribution in [1.29, 1.82) is 0 Å². The molecule has 5 nitrogen and oxygen atoms in total. The Labute approximate surface area is 116 Å². The molecule has 0 spiro atoms. The number of nitrogens with one attached hydrogen (secondary N) is 1. The molecule has 112 valence electrons. The van der Waals surface area contributed by atoms with E-state index in [1.54, 1.807) is 6.92 Å². The highest BCUT2D eigenvalue weighted by atomic mass is 35.5. The van der Waals surface area contributed by atoms with E-state index in [2.05, 4.69) is 9.47 Å². The Hall–Kier alpha value is -1.70. The van der Waals surface area contributed by atoms with Gasteiger partial charge in [-0.2, -0.15) is 0 Å². The van der Waals surface area contributed by atoms with Crippen LogP contribution in [0.3, 0.4) is 0 Å². The summed E-state index contributed by atoms with van der Waals surface area (Å²) in [5.41, 5.74) is -0.822. The smallest absolute Gasteiger partial charge is 0.466 e. The molecule has 0 aliphatic heterocycles. The normalized spacial score (nSPS) is 11.2. The maximum absolute atomic E-state index is 12.1. The van der Waals surface area contributed by atoms with E-state index in [4.69, 9.17) is 11.6 Å². The van der Waals surface area contributed by atoms with Gasteiger partial charge in [0.2, 0.25) is 5.88 Å². The molecule has 0 fully saturated rings. The molecule has 0 aliphatic carbocycles. The van der Waals surface area contributed by atoms with Crippen LogP contribution in [0.25, 0.3) is 0 Å². The molecule has 0 bridgehead atoms. The van der Waals surface area contributed by atoms with Gasteiger partial charge in [0.05, 0.1) is 18.9 Å². The zero-order valence-corrected chi connectivity index (χ0v) is 11.1. The molecule has 1 N–H and O–H groups in total. The molecule has 9 heteroatoms. The van der Waals surface area contributed by atoms with Crippen LogP contribution in [0.5, 0.6) is 5.88 Å². The van der Waals surface area contributed by atoms with Gasteiger partial charge in [0, 0.05) is 11.6 Å². The Bertz CT molecular complexity index is 541. The first-order chi connectivity index (χ1) is 9.26. The Kier molecular flexibility index (Phi) is 5.43. The molecule has 1 heterocycles. The van der Waals surface area contributed by atoms with Crippen molar-refractivity contribution in [3.63, 3.8) is 0 Å². The van der Waals surface area contributed by atoms with Crippen LogP contribution < -0.4 is 10.3 Å². The van der Waals surface area contributed by atoms with Crippen molar-refractivity contribution in [2.75, 3.05) is 6.61 Å². The highest BCUT2D eigenvalue weighted by molar-refractivity contribution is 6.17. The molecule has 1 rings (SSSR count). The number of alkyl halides is 4. The summed E-state index contributed by atoms with van der Waals surface area (Å²) in [7, 11) is 0. The second-order valence-corrected chi connectivity index (χ2v) is 3.90. The number of pyridine rings is 1. The molecule has 0 aromatic carbocycles. The first-order valence-electron chi connectivity index (χ1n) is 5.49. The van der Waals surface area contributed by atoms with Gasteiger partial charge in [0.15, 0.2) is 0 Å². The predicted molar refractivity (Wildman–Crippen MR) is 63.6 cm³/mol. The molecule has 0 atom stereocenters. The van der Waals surface area contributed by atoms with Crippen LogP contribution in [-0.4, -0.2) is 23.9 Å². The van der Waals surface area contributed by atoms with Gasteiger partial charge >= 0.3 is 12.3 Å². The van der Waals surface area contributed by atoms with E-state index in [1.807, 2.05) is 4.98 Å². The molecule has 0 saturated heterocycles. The van der Waals surface area contributed by atoms with Gasteiger partial charge in [0.25, 0.3) is 5.56 Å².